The van der Waals surface area contributed by atoms with Gasteiger partial charge in [0.05, 0.1) is 5.56 Å². The second-order valence-electron chi connectivity index (χ2n) is 4.42. The third-order valence-electron chi connectivity index (χ3n) is 3.21. The molecule has 3 rings (SSSR count). The van der Waals surface area contributed by atoms with Crippen LogP contribution < -0.4 is 5.63 Å². The molecule has 3 heteroatoms. The second-order valence-corrected chi connectivity index (χ2v) is 4.42. The number of aryl methyl sites for hydroxylation is 1. The lowest BCUT2D eigenvalue weighted by molar-refractivity contribution is 0.0967. The maximum absolute atomic E-state index is 12.0. The molecule has 0 aliphatic heterocycles. The minimum atomic E-state index is -0.387. The molecule has 0 saturated heterocycles. The molecule has 90 valence electrons. The highest BCUT2D eigenvalue weighted by molar-refractivity contribution is 6.03. The molecule has 3 nitrogen and oxygen atoms in total. The second kappa shape index (κ2) is 4.26. The van der Waals surface area contributed by atoms with Crippen LogP contribution in [0.4, 0.5) is 0 Å². The van der Waals surface area contributed by atoms with E-state index in [1.807, 2.05) is 30.3 Å². The van der Waals surface area contributed by atoms with Crippen molar-refractivity contribution >= 4 is 5.78 Å². The predicted molar refractivity (Wildman–Crippen MR) is 67.7 cm³/mol. The Morgan fingerprint density at radius 2 is 1.78 bits per heavy atom. The van der Waals surface area contributed by atoms with Crippen LogP contribution >= 0.6 is 0 Å². The van der Waals surface area contributed by atoms with Gasteiger partial charge in [0.15, 0.2) is 5.78 Å². The fourth-order valence-corrected chi connectivity index (χ4v) is 2.40. The SMILES string of the molecule is O=C1CCCc2oc(=O)cc(-c3ccccc3)c21. The maximum Gasteiger partial charge on any atom is 0.336 e. The highest BCUT2D eigenvalue weighted by Crippen LogP contribution is 2.29. The van der Waals surface area contributed by atoms with Gasteiger partial charge in [0, 0.05) is 24.5 Å². The van der Waals surface area contributed by atoms with Crippen LogP contribution in [0.1, 0.15) is 29.0 Å². The van der Waals surface area contributed by atoms with Crippen LogP contribution in [0.25, 0.3) is 11.1 Å². The van der Waals surface area contributed by atoms with Gasteiger partial charge in [-0.2, -0.15) is 0 Å². The van der Waals surface area contributed by atoms with Gasteiger partial charge in [0.1, 0.15) is 5.76 Å². The summed E-state index contributed by atoms with van der Waals surface area (Å²) < 4.78 is 5.16. The van der Waals surface area contributed by atoms with Crippen LogP contribution in [0.5, 0.6) is 0 Å². The van der Waals surface area contributed by atoms with Crippen molar-refractivity contribution < 1.29 is 9.21 Å². The standard InChI is InChI=1S/C15H12O3/c16-12-7-4-8-13-15(12)11(9-14(17)18-13)10-5-2-1-3-6-10/h1-3,5-6,9H,4,7-8H2. The summed E-state index contributed by atoms with van der Waals surface area (Å²) in [5, 5.41) is 0. The topological polar surface area (TPSA) is 47.3 Å². The lowest BCUT2D eigenvalue weighted by Gasteiger charge is -2.16. The van der Waals surface area contributed by atoms with Crippen LogP contribution in [0.2, 0.25) is 0 Å². The molecule has 0 unspecified atom stereocenters. The van der Waals surface area contributed by atoms with Crippen molar-refractivity contribution in [1.82, 2.24) is 0 Å². The first-order valence-electron chi connectivity index (χ1n) is 6.01. The van der Waals surface area contributed by atoms with Crippen molar-refractivity contribution in [3.8, 4) is 11.1 Å². The number of rotatable bonds is 1. The average molecular weight is 240 g/mol. The van der Waals surface area contributed by atoms with Gasteiger partial charge in [-0.25, -0.2) is 4.79 Å². The summed E-state index contributed by atoms with van der Waals surface area (Å²) in [5.41, 5.74) is 1.79. The van der Waals surface area contributed by atoms with Crippen molar-refractivity contribution in [2.75, 3.05) is 0 Å². The lowest BCUT2D eigenvalue weighted by atomic mass is 9.89. The molecule has 0 amide bonds. The molecule has 1 aliphatic carbocycles. The Morgan fingerprint density at radius 1 is 1.00 bits per heavy atom. The number of Topliss-reactive ketones (excluding diaryl/α,β-unsaturated/α-hetero) is 1. The van der Waals surface area contributed by atoms with E-state index in [2.05, 4.69) is 0 Å². The fraction of sp³-hybridized carbons (Fsp3) is 0.200. The minimum Gasteiger partial charge on any atom is -0.427 e. The molecule has 0 radical (unpaired) electrons. The molecule has 0 saturated carbocycles. The Morgan fingerprint density at radius 3 is 2.56 bits per heavy atom. The zero-order valence-corrected chi connectivity index (χ0v) is 9.81. The monoisotopic (exact) mass is 240 g/mol. The molecule has 0 bridgehead atoms. The number of ketones is 1. The van der Waals surface area contributed by atoms with Crippen molar-refractivity contribution in [2.24, 2.45) is 0 Å². The smallest absolute Gasteiger partial charge is 0.336 e. The molecule has 0 fully saturated rings. The first kappa shape index (κ1) is 11.0. The highest BCUT2D eigenvalue weighted by Gasteiger charge is 2.24. The first-order valence-corrected chi connectivity index (χ1v) is 6.01. The molecule has 0 atom stereocenters. The maximum atomic E-state index is 12.0. The van der Waals surface area contributed by atoms with Gasteiger partial charge < -0.3 is 4.42 Å². The van der Waals surface area contributed by atoms with E-state index in [0.717, 1.165) is 12.0 Å². The molecular formula is C15H12O3. The predicted octanol–water partition coefficient (Wildman–Crippen LogP) is 2.83. The van der Waals surface area contributed by atoms with Gasteiger partial charge in [-0.1, -0.05) is 30.3 Å². The molecule has 18 heavy (non-hydrogen) atoms. The van der Waals surface area contributed by atoms with Gasteiger partial charge in [-0.15, -0.1) is 0 Å². The van der Waals surface area contributed by atoms with Crippen LogP contribution in [0.15, 0.2) is 45.6 Å². The summed E-state index contributed by atoms with van der Waals surface area (Å²) in [7, 11) is 0. The van der Waals surface area contributed by atoms with E-state index in [0.29, 0.717) is 29.7 Å². The summed E-state index contributed by atoms with van der Waals surface area (Å²) in [4.78, 5) is 23.6. The van der Waals surface area contributed by atoms with Gasteiger partial charge in [-0.3, -0.25) is 4.79 Å². The average Bonchev–Trinajstić information content (AvgIpc) is 2.39. The zero-order valence-electron chi connectivity index (χ0n) is 9.81. The van der Waals surface area contributed by atoms with Gasteiger partial charge in [0.25, 0.3) is 0 Å². The van der Waals surface area contributed by atoms with E-state index in [4.69, 9.17) is 4.42 Å². The Hall–Kier alpha value is -2.16. The Kier molecular flexibility index (Phi) is 2.59. The fourth-order valence-electron chi connectivity index (χ4n) is 2.40. The van der Waals surface area contributed by atoms with Crippen molar-refractivity contribution in [3.63, 3.8) is 0 Å². The van der Waals surface area contributed by atoms with Crippen molar-refractivity contribution in [2.45, 2.75) is 19.3 Å². The number of carbonyl (C=O) groups is 1. The molecule has 0 N–H and O–H groups in total. The van der Waals surface area contributed by atoms with E-state index in [9.17, 15) is 9.59 Å². The molecule has 1 aliphatic rings. The lowest BCUT2D eigenvalue weighted by Crippen LogP contribution is -2.16. The van der Waals surface area contributed by atoms with Crippen LogP contribution in [-0.2, 0) is 6.42 Å². The third-order valence-corrected chi connectivity index (χ3v) is 3.21. The van der Waals surface area contributed by atoms with E-state index in [-0.39, 0.29) is 11.4 Å². The molecule has 0 spiro atoms. The molecule has 1 aromatic heterocycles. The summed E-state index contributed by atoms with van der Waals surface area (Å²) >= 11 is 0. The van der Waals surface area contributed by atoms with Gasteiger partial charge in [-0.05, 0) is 12.0 Å². The molecule has 1 aromatic carbocycles. The Labute approximate surface area is 104 Å². The Balaban J connectivity index is 2.29. The zero-order chi connectivity index (χ0) is 12.5. The number of hydrogen-bond acceptors (Lipinski definition) is 3. The summed E-state index contributed by atoms with van der Waals surface area (Å²) in [6, 6.07) is 10.9. The quantitative estimate of drug-likeness (QED) is 0.770. The minimum absolute atomic E-state index is 0.0684. The normalized spacial score (nSPS) is 14.3. The number of hydrogen-bond donors (Lipinski definition) is 0. The first-order chi connectivity index (χ1) is 8.75. The van der Waals surface area contributed by atoms with Gasteiger partial charge >= 0.3 is 5.63 Å². The molecule has 2 aromatic rings. The van der Waals surface area contributed by atoms with Crippen LogP contribution in [0, 0.1) is 0 Å². The van der Waals surface area contributed by atoms with E-state index >= 15 is 0 Å². The van der Waals surface area contributed by atoms with E-state index in [1.165, 1.54) is 6.07 Å². The number of benzene rings is 1. The number of fused-ring (bicyclic) bond motifs is 1. The van der Waals surface area contributed by atoms with Crippen LogP contribution in [-0.4, -0.2) is 5.78 Å². The van der Waals surface area contributed by atoms with Crippen molar-refractivity contribution in [3.05, 3.63) is 58.1 Å². The van der Waals surface area contributed by atoms with Crippen molar-refractivity contribution in [1.29, 1.82) is 0 Å². The van der Waals surface area contributed by atoms with Gasteiger partial charge in [0.2, 0.25) is 0 Å². The largest absolute Gasteiger partial charge is 0.427 e. The highest BCUT2D eigenvalue weighted by atomic mass is 16.4. The van der Waals surface area contributed by atoms with E-state index in [1.54, 1.807) is 0 Å². The number of carbonyl (C=O) groups excluding carboxylic acids is 1. The Bertz CT molecular complexity index is 653. The molecule has 1 heterocycles. The third kappa shape index (κ3) is 1.78. The van der Waals surface area contributed by atoms with Crippen LogP contribution in [0.3, 0.4) is 0 Å². The summed E-state index contributed by atoms with van der Waals surface area (Å²) in [6.45, 7) is 0. The molecular weight excluding hydrogens is 228 g/mol. The summed E-state index contributed by atoms with van der Waals surface area (Å²) in [5.74, 6) is 0.608. The summed E-state index contributed by atoms with van der Waals surface area (Å²) in [6.07, 6.45) is 1.95. The van der Waals surface area contributed by atoms with E-state index < -0.39 is 0 Å².